The molecule has 0 amide bonds. The number of ether oxygens (including phenoxy) is 4. The second-order valence-electron chi connectivity index (χ2n) is 20.6. The summed E-state index contributed by atoms with van der Waals surface area (Å²) in [7, 11) is 0. The summed E-state index contributed by atoms with van der Waals surface area (Å²) in [4.78, 5) is 0. The lowest BCUT2D eigenvalue weighted by Gasteiger charge is -2.40. The van der Waals surface area contributed by atoms with Crippen LogP contribution in [0.1, 0.15) is 140 Å². The van der Waals surface area contributed by atoms with E-state index in [2.05, 4.69) is 28.5 Å². The maximum atomic E-state index is 13.3. The zero-order valence-electron chi connectivity index (χ0n) is 45.4. The lowest BCUT2D eigenvalue weighted by Crippen LogP contribution is -2.69. The summed E-state index contributed by atoms with van der Waals surface area (Å²) in [5.41, 5.74) is -18.9. The number of hydrogen-bond acceptors (Lipinski definition) is 7. The molecule has 0 radical (unpaired) electrons. The Bertz CT molecular complexity index is 2070. The van der Waals surface area contributed by atoms with Gasteiger partial charge in [-0.1, -0.05) is 89.5 Å². The van der Waals surface area contributed by atoms with Crippen LogP contribution in [0.15, 0.2) is 48.5 Å². The molecule has 86 heavy (non-hydrogen) atoms. The van der Waals surface area contributed by atoms with Crippen LogP contribution in [0.25, 0.3) is 0 Å². The van der Waals surface area contributed by atoms with Gasteiger partial charge in [0.1, 0.15) is 23.7 Å². The smallest absolute Gasteiger partial charge is 0.435 e. The van der Waals surface area contributed by atoms with Crippen molar-refractivity contribution in [2.75, 3.05) is 26.4 Å². The highest BCUT2D eigenvalue weighted by atomic mass is 19.5. The number of rotatable bonds is 22. The van der Waals surface area contributed by atoms with Gasteiger partial charge in [-0.15, -0.1) is 0 Å². The Morgan fingerprint density at radius 3 is 0.837 bits per heavy atom. The van der Waals surface area contributed by atoms with Crippen molar-refractivity contribution in [3.8, 4) is 11.5 Å². The number of unbranched alkanes of at least 4 members (excludes halogenated alkanes) is 4. The summed E-state index contributed by atoms with van der Waals surface area (Å²) in [6.07, 6.45) is -50.9. The lowest BCUT2D eigenvalue weighted by molar-refractivity contribution is -0.464. The van der Waals surface area contributed by atoms with Crippen molar-refractivity contribution in [1.29, 1.82) is 0 Å². The Kier molecular flexibility index (Phi) is 27.8. The molecule has 2 saturated carbocycles. The molecule has 3 N–H and O–H groups in total. The number of aliphatic hydroxyl groups is 3. The van der Waals surface area contributed by atoms with Crippen LogP contribution < -0.4 is 9.47 Å². The maximum absolute atomic E-state index is 13.3. The molecule has 2 aliphatic carbocycles. The summed E-state index contributed by atoms with van der Waals surface area (Å²) >= 11 is 0. The van der Waals surface area contributed by atoms with E-state index >= 15 is 0 Å². The average molecular weight is 1310 g/mol. The van der Waals surface area contributed by atoms with E-state index in [9.17, 15) is 119 Å². The molecule has 0 unspecified atom stereocenters. The first-order valence-corrected chi connectivity index (χ1v) is 26.4. The topological polar surface area (TPSA) is 97.6 Å². The SMILES string of the molecule is CCCCCC1CCC(c2ccc(OC(CO)CO)cc2)CC1.CCCCCC1CCC(c2ccc(OC(COC(C(F)(F)F)(C(F)(F)F)C(F)(F)F)COC(C(F)(F)F)(C(F)(F)F)C(F)(F)F)cc2)CC1.OC(C(F)(F)F)(C(F)(F)F)C(F)(F)F. The van der Waals surface area contributed by atoms with Crippen molar-refractivity contribution in [2.24, 2.45) is 11.8 Å². The maximum Gasteiger partial charge on any atom is 0.435 e. The largest absolute Gasteiger partial charge is 0.486 e. The van der Waals surface area contributed by atoms with Crippen molar-refractivity contribution in [2.45, 2.75) is 213 Å². The van der Waals surface area contributed by atoms with Gasteiger partial charge in [0.15, 0.2) is 0 Å². The van der Waals surface area contributed by atoms with E-state index in [0.717, 1.165) is 62.3 Å². The summed E-state index contributed by atoms with van der Waals surface area (Å²) in [5, 5.41) is 25.8. The van der Waals surface area contributed by atoms with Gasteiger partial charge in [0.25, 0.3) is 0 Å². The second-order valence-corrected chi connectivity index (χ2v) is 20.6. The first-order chi connectivity index (χ1) is 39.1. The van der Waals surface area contributed by atoms with Crippen LogP contribution in [0.4, 0.5) is 119 Å². The molecular weight excluding hydrogens is 1250 g/mol. The first kappa shape index (κ1) is 78.0. The number of hydrogen-bond donors (Lipinski definition) is 3. The van der Waals surface area contributed by atoms with E-state index in [0.29, 0.717) is 30.2 Å². The second kappa shape index (κ2) is 30.6. The third-order valence-electron chi connectivity index (χ3n) is 14.4. The highest BCUT2D eigenvalue weighted by Gasteiger charge is 2.87. The van der Waals surface area contributed by atoms with E-state index in [4.69, 9.17) is 24.8 Å². The van der Waals surface area contributed by atoms with E-state index in [1.54, 1.807) is 0 Å². The minimum atomic E-state index is -7.40. The van der Waals surface area contributed by atoms with Crippen molar-refractivity contribution in [3.05, 3.63) is 59.7 Å². The van der Waals surface area contributed by atoms with Gasteiger partial charge in [0.2, 0.25) is 0 Å². The van der Waals surface area contributed by atoms with Gasteiger partial charge in [0, 0.05) is 0 Å². The van der Waals surface area contributed by atoms with Gasteiger partial charge in [0.05, 0.1) is 26.4 Å². The highest BCUT2D eigenvalue weighted by Crippen LogP contribution is 2.57. The molecule has 0 bridgehead atoms. The van der Waals surface area contributed by atoms with Crippen LogP contribution in [0, 0.1) is 11.8 Å². The van der Waals surface area contributed by atoms with Crippen molar-refractivity contribution < 1.29 is 153 Å². The fraction of sp³-hybridized carbons (Fsp3) is 0.769. The zero-order valence-corrected chi connectivity index (χ0v) is 45.4. The third kappa shape index (κ3) is 19.7. The van der Waals surface area contributed by atoms with Gasteiger partial charge >= 0.3 is 72.4 Å². The predicted molar refractivity (Wildman–Crippen MR) is 250 cm³/mol. The van der Waals surface area contributed by atoms with Gasteiger partial charge in [-0.25, -0.2) is 0 Å². The fourth-order valence-electron chi connectivity index (χ4n) is 9.58. The molecule has 2 fully saturated rings. The Labute approximate surface area is 474 Å². The van der Waals surface area contributed by atoms with Gasteiger partial charge < -0.3 is 34.3 Å². The Hall–Kier alpha value is -4.05. The van der Waals surface area contributed by atoms with E-state index in [1.165, 1.54) is 69.1 Å². The normalized spacial score (nSPS) is 19.4. The highest BCUT2D eigenvalue weighted by molar-refractivity contribution is 5.31. The monoisotopic (exact) mass is 1310 g/mol. The van der Waals surface area contributed by atoms with Crippen LogP contribution in [0.5, 0.6) is 11.5 Å². The Morgan fingerprint density at radius 1 is 0.372 bits per heavy atom. The summed E-state index contributed by atoms with van der Waals surface area (Å²) < 4.78 is 359. The molecule has 0 aliphatic heterocycles. The number of alkyl halides is 27. The molecule has 0 atom stereocenters. The molecule has 502 valence electrons. The van der Waals surface area contributed by atoms with Gasteiger partial charge in [-0.3, -0.25) is 0 Å². The predicted octanol–water partition coefficient (Wildman–Crippen LogP) is 17.8. The Balaban J connectivity index is 0.000000555. The fourth-order valence-corrected chi connectivity index (χ4v) is 9.58. The van der Waals surface area contributed by atoms with E-state index in [-0.39, 0.29) is 19.1 Å². The number of halogens is 27. The van der Waals surface area contributed by atoms with E-state index < -0.39 is 104 Å². The number of benzene rings is 2. The van der Waals surface area contributed by atoms with E-state index in [1.807, 2.05) is 19.1 Å². The molecule has 2 aliphatic rings. The van der Waals surface area contributed by atoms with Crippen LogP contribution in [0.3, 0.4) is 0 Å². The van der Waals surface area contributed by atoms with Crippen molar-refractivity contribution >= 4 is 0 Å². The lowest BCUT2D eigenvalue weighted by atomic mass is 9.77. The summed E-state index contributed by atoms with van der Waals surface area (Å²) in [6.45, 7) is -1.65. The molecule has 7 nitrogen and oxygen atoms in total. The molecule has 4 rings (SSSR count). The van der Waals surface area contributed by atoms with Crippen molar-refractivity contribution in [3.63, 3.8) is 0 Å². The van der Waals surface area contributed by atoms with Crippen LogP contribution in [-0.2, 0) is 9.47 Å². The average Bonchev–Trinajstić information content (AvgIpc) is 0.787. The molecule has 34 heteroatoms. The third-order valence-corrected chi connectivity index (χ3v) is 14.4. The van der Waals surface area contributed by atoms with Crippen LogP contribution in [0.2, 0.25) is 0 Å². The van der Waals surface area contributed by atoms with Gasteiger partial charge in [-0.2, -0.15) is 119 Å². The van der Waals surface area contributed by atoms with Crippen LogP contribution >= 0.6 is 0 Å². The standard InChI is InChI=1S/C28H30F18O3.C20H32O3.C4HF9O/c1-2-3-4-5-16-6-8-17(9-7-16)18-10-12-19(13-11-18)49-20(14-47-21(23(29,30)31,24(32,33)34)25(35,36)37)15-48-22(26(38,39)40,27(41,42)43)28(44,45)46;1-2-3-4-5-16-6-8-17(9-7-16)18-10-12-19(13-11-18)23-20(14-21)15-22;5-2(6,7)1(14,3(8,9)10)4(11,12)13/h10-13,16-17,20H,2-9,14-15H2,1H3;10-13,16-17,20-22H,2-9,14-15H2,1H3;14H. The minimum Gasteiger partial charge on any atom is -0.486 e. The Morgan fingerprint density at radius 2 is 0.628 bits per heavy atom. The van der Waals surface area contributed by atoms with Crippen LogP contribution in [-0.4, -0.2) is 126 Å². The summed E-state index contributed by atoms with van der Waals surface area (Å²) in [6, 6.07) is 12.4. The number of aliphatic hydroxyl groups excluding tert-OH is 2. The molecule has 0 saturated heterocycles. The zero-order chi connectivity index (χ0) is 66.4. The quantitative estimate of drug-likeness (QED) is 0.0798. The molecule has 2 aromatic rings. The molecular formula is C52H63F27O7. The molecule has 0 spiro atoms. The van der Waals surface area contributed by atoms with Gasteiger partial charge in [-0.05, 0) is 110 Å². The molecule has 0 aromatic heterocycles. The van der Waals surface area contributed by atoms with Crippen molar-refractivity contribution in [1.82, 2.24) is 0 Å². The molecule has 2 aromatic carbocycles. The summed E-state index contributed by atoms with van der Waals surface area (Å²) in [5.74, 6) is 1.90. The molecule has 0 heterocycles. The minimum absolute atomic E-state index is 0.0871. The first-order valence-electron chi connectivity index (χ1n) is 26.4.